The summed E-state index contributed by atoms with van der Waals surface area (Å²) in [6.45, 7) is 1.59. The molecule has 7 nitrogen and oxygen atoms in total. The van der Waals surface area contributed by atoms with Gasteiger partial charge in [-0.1, -0.05) is 11.6 Å². The second-order valence-electron chi connectivity index (χ2n) is 6.50. The maximum Gasteiger partial charge on any atom is 0.341 e. The van der Waals surface area contributed by atoms with Crippen LogP contribution in [0.5, 0.6) is 5.75 Å². The molecule has 3 rings (SSSR count). The minimum Gasteiger partial charge on any atom is -0.484 e. The number of halogens is 1. The number of benzene rings is 1. The average Bonchev–Trinajstić information content (AvgIpc) is 3.26. The molecule has 0 bridgehead atoms. The monoisotopic (exact) mass is 437 g/mol. The van der Waals surface area contributed by atoms with E-state index in [0.717, 1.165) is 10.4 Å². The number of esters is 2. The van der Waals surface area contributed by atoms with Crippen molar-refractivity contribution in [1.29, 1.82) is 0 Å². The lowest BCUT2D eigenvalue weighted by Gasteiger charge is -2.12. The van der Waals surface area contributed by atoms with Crippen molar-refractivity contribution in [2.24, 2.45) is 0 Å². The minimum atomic E-state index is -0.608. The van der Waals surface area contributed by atoms with Crippen molar-refractivity contribution >= 4 is 45.8 Å². The molecule has 0 radical (unpaired) electrons. The van der Waals surface area contributed by atoms with E-state index in [-0.39, 0.29) is 12.2 Å². The van der Waals surface area contributed by atoms with Crippen molar-refractivity contribution < 1.29 is 28.6 Å². The Hall–Kier alpha value is -2.58. The van der Waals surface area contributed by atoms with Crippen LogP contribution >= 0.6 is 22.9 Å². The zero-order valence-corrected chi connectivity index (χ0v) is 17.7. The number of ether oxygens (including phenoxy) is 3. The first-order chi connectivity index (χ1) is 13.8. The molecule has 1 N–H and O–H groups in total. The predicted molar refractivity (Wildman–Crippen MR) is 109 cm³/mol. The normalized spacial score (nSPS) is 14.8. The largest absolute Gasteiger partial charge is 0.484 e. The highest BCUT2D eigenvalue weighted by Crippen LogP contribution is 2.45. The number of fused-ring (bicyclic) bond motifs is 1. The maximum absolute atomic E-state index is 12.4. The summed E-state index contributed by atoms with van der Waals surface area (Å²) in [6.07, 6.45) is 1.19. The fraction of sp³-hybridized carbons (Fsp3) is 0.350. The van der Waals surface area contributed by atoms with Gasteiger partial charge in [0.05, 0.1) is 25.7 Å². The molecule has 1 amide bonds. The quantitative estimate of drug-likeness (QED) is 0.692. The molecule has 1 aromatic carbocycles. The van der Waals surface area contributed by atoms with Crippen LogP contribution in [0.2, 0.25) is 5.02 Å². The molecule has 1 aliphatic rings. The number of rotatable bonds is 6. The topological polar surface area (TPSA) is 90.9 Å². The van der Waals surface area contributed by atoms with E-state index < -0.39 is 23.8 Å². The highest BCUT2D eigenvalue weighted by Gasteiger charge is 2.38. The lowest BCUT2D eigenvalue weighted by atomic mass is 9.99. The Morgan fingerprint density at radius 2 is 2.00 bits per heavy atom. The summed E-state index contributed by atoms with van der Waals surface area (Å²) in [4.78, 5) is 37.7. The number of nitrogens with one attached hydrogen (secondary N) is 1. The zero-order valence-electron chi connectivity index (χ0n) is 16.2. The first-order valence-corrected chi connectivity index (χ1v) is 10.1. The number of thiophene rings is 1. The van der Waals surface area contributed by atoms with Crippen molar-refractivity contribution in [2.45, 2.75) is 25.7 Å². The summed E-state index contributed by atoms with van der Waals surface area (Å²) < 4.78 is 15.2. The summed E-state index contributed by atoms with van der Waals surface area (Å²) >= 11 is 7.25. The van der Waals surface area contributed by atoms with E-state index >= 15 is 0 Å². The molecule has 2 aromatic rings. The van der Waals surface area contributed by atoms with E-state index in [4.69, 9.17) is 25.8 Å². The van der Waals surface area contributed by atoms with E-state index in [9.17, 15) is 14.4 Å². The lowest BCUT2D eigenvalue weighted by molar-refractivity contribution is -0.142. The number of methoxy groups -OCH3 is 2. The third kappa shape index (κ3) is 4.38. The number of hydrogen-bond acceptors (Lipinski definition) is 7. The molecule has 0 aliphatic heterocycles. The minimum absolute atomic E-state index is 0.205. The Bertz CT molecular complexity index is 970. The Morgan fingerprint density at radius 1 is 1.24 bits per heavy atom. The van der Waals surface area contributed by atoms with Crippen molar-refractivity contribution in [2.75, 3.05) is 26.1 Å². The molecule has 0 fully saturated rings. The van der Waals surface area contributed by atoms with Gasteiger partial charge in [-0.3, -0.25) is 9.59 Å². The molecule has 1 unspecified atom stereocenters. The van der Waals surface area contributed by atoms with E-state index in [1.165, 1.54) is 25.6 Å². The molecular formula is C20H20ClNO6S. The van der Waals surface area contributed by atoms with E-state index in [1.807, 2.05) is 6.92 Å². The van der Waals surface area contributed by atoms with Gasteiger partial charge in [0.25, 0.3) is 5.91 Å². The van der Waals surface area contributed by atoms with Gasteiger partial charge in [0.1, 0.15) is 10.8 Å². The predicted octanol–water partition coefficient (Wildman–Crippen LogP) is 3.72. The average molecular weight is 438 g/mol. The van der Waals surface area contributed by atoms with Gasteiger partial charge in [-0.25, -0.2) is 4.79 Å². The fourth-order valence-electron chi connectivity index (χ4n) is 3.25. The molecule has 0 saturated heterocycles. The second-order valence-corrected chi connectivity index (χ2v) is 8.01. The van der Waals surface area contributed by atoms with Gasteiger partial charge in [-0.15, -0.1) is 11.3 Å². The summed E-state index contributed by atoms with van der Waals surface area (Å²) in [7, 11) is 2.56. The van der Waals surface area contributed by atoms with Gasteiger partial charge in [-0.2, -0.15) is 0 Å². The fourth-order valence-corrected chi connectivity index (χ4v) is 4.65. The smallest absolute Gasteiger partial charge is 0.341 e. The van der Waals surface area contributed by atoms with Crippen LogP contribution in [-0.4, -0.2) is 38.7 Å². The van der Waals surface area contributed by atoms with Crippen LogP contribution < -0.4 is 10.1 Å². The highest BCUT2D eigenvalue weighted by molar-refractivity contribution is 7.17. The molecule has 1 aromatic heterocycles. The van der Waals surface area contributed by atoms with Crippen molar-refractivity contribution in [3.8, 4) is 5.75 Å². The van der Waals surface area contributed by atoms with Crippen LogP contribution in [0, 0.1) is 6.92 Å². The third-order valence-electron chi connectivity index (χ3n) is 4.66. The van der Waals surface area contributed by atoms with Crippen LogP contribution in [0.25, 0.3) is 0 Å². The molecule has 9 heteroatoms. The van der Waals surface area contributed by atoms with Gasteiger partial charge >= 0.3 is 11.9 Å². The summed E-state index contributed by atoms with van der Waals surface area (Å²) in [5.74, 6) is -1.49. The van der Waals surface area contributed by atoms with Crippen LogP contribution in [0.15, 0.2) is 18.2 Å². The Balaban J connectivity index is 1.78. The van der Waals surface area contributed by atoms with Gasteiger partial charge in [0.2, 0.25) is 0 Å². The Labute approximate surface area is 176 Å². The van der Waals surface area contributed by atoms with Gasteiger partial charge < -0.3 is 19.5 Å². The molecule has 29 heavy (non-hydrogen) atoms. The zero-order chi connectivity index (χ0) is 21.1. The third-order valence-corrected chi connectivity index (χ3v) is 6.26. The van der Waals surface area contributed by atoms with Crippen LogP contribution in [0.4, 0.5) is 5.00 Å². The SMILES string of the molecule is COC(=O)c1c(NC(=O)COc2ccc(Cl)c(C)c2)sc2c1C(C(=O)OC)CC2. The molecule has 0 spiro atoms. The van der Waals surface area contributed by atoms with Crippen LogP contribution in [-0.2, 0) is 25.5 Å². The number of anilines is 1. The Morgan fingerprint density at radius 3 is 2.66 bits per heavy atom. The van der Waals surface area contributed by atoms with Crippen molar-refractivity contribution in [3.63, 3.8) is 0 Å². The van der Waals surface area contributed by atoms with E-state index in [2.05, 4.69) is 5.32 Å². The summed E-state index contributed by atoms with van der Waals surface area (Å²) in [6, 6.07) is 5.09. The standard InChI is InChI=1S/C20H20ClNO6S/c1-10-8-11(4-6-13(10)21)28-9-15(23)22-18-17(20(25)27-3)16-12(19(24)26-2)5-7-14(16)29-18/h4,6,8,12H,5,7,9H2,1-3H3,(H,22,23). The number of hydrogen-bond donors (Lipinski definition) is 1. The first kappa shape index (κ1) is 21.1. The van der Waals surface area contributed by atoms with Crippen LogP contribution in [0.3, 0.4) is 0 Å². The molecule has 1 aliphatic carbocycles. The number of carbonyl (C=O) groups is 3. The maximum atomic E-state index is 12.4. The van der Waals surface area contributed by atoms with Crippen molar-refractivity contribution in [3.05, 3.63) is 44.8 Å². The number of carbonyl (C=O) groups excluding carboxylic acids is 3. The Kier molecular flexibility index (Phi) is 6.44. The molecule has 0 saturated carbocycles. The number of aryl methyl sites for hydroxylation is 2. The summed E-state index contributed by atoms with van der Waals surface area (Å²) in [5.41, 5.74) is 1.62. The molecule has 154 valence electrons. The van der Waals surface area contributed by atoms with Gasteiger partial charge in [0.15, 0.2) is 6.61 Å². The van der Waals surface area contributed by atoms with Crippen LogP contribution in [0.1, 0.15) is 38.7 Å². The molecule has 1 heterocycles. The van der Waals surface area contributed by atoms with E-state index in [0.29, 0.717) is 34.2 Å². The number of amides is 1. The molecular weight excluding hydrogens is 418 g/mol. The van der Waals surface area contributed by atoms with Gasteiger partial charge in [-0.05, 0) is 49.1 Å². The second kappa shape index (κ2) is 8.84. The lowest BCUT2D eigenvalue weighted by Crippen LogP contribution is -2.22. The first-order valence-electron chi connectivity index (χ1n) is 8.86. The van der Waals surface area contributed by atoms with E-state index in [1.54, 1.807) is 18.2 Å². The highest BCUT2D eigenvalue weighted by atomic mass is 35.5. The molecule has 1 atom stereocenters. The van der Waals surface area contributed by atoms with Crippen molar-refractivity contribution in [1.82, 2.24) is 0 Å². The summed E-state index contributed by atoms with van der Waals surface area (Å²) in [5, 5.41) is 3.66. The van der Waals surface area contributed by atoms with Gasteiger partial charge in [0, 0.05) is 9.90 Å².